The molecule has 1 aromatic rings. The SMILES string of the molecule is Cc1cc(C)c(/C=C/C(=O)N(C)CC(=O)N2CCCC2)cc1C. The summed E-state index contributed by atoms with van der Waals surface area (Å²) in [5.41, 5.74) is 4.65. The molecule has 1 heterocycles. The van der Waals surface area contributed by atoms with Crippen LogP contribution < -0.4 is 0 Å². The lowest BCUT2D eigenvalue weighted by Gasteiger charge is -2.20. The van der Waals surface area contributed by atoms with Gasteiger partial charge in [-0.25, -0.2) is 0 Å². The molecule has 2 rings (SSSR count). The van der Waals surface area contributed by atoms with E-state index in [1.54, 1.807) is 13.1 Å². The standard InChI is InChI=1S/C19H26N2O2/c1-14-11-16(3)17(12-15(14)2)7-8-18(22)20(4)13-19(23)21-9-5-6-10-21/h7-8,11-12H,5-6,9-10,13H2,1-4H3/b8-7+. The Labute approximate surface area is 138 Å². The van der Waals surface area contributed by atoms with Crippen molar-refractivity contribution in [2.24, 2.45) is 0 Å². The lowest BCUT2D eigenvalue weighted by molar-refractivity contribution is -0.136. The minimum atomic E-state index is -0.143. The van der Waals surface area contributed by atoms with Gasteiger partial charge in [0.2, 0.25) is 11.8 Å². The molecule has 1 aliphatic rings. The van der Waals surface area contributed by atoms with E-state index in [2.05, 4.69) is 26.0 Å². The number of aryl methyl sites for hydroxylation is 3. The first kappa shape index (κ1) is 17.3. The number of carbonyl (C=O) groups excluding carboxylic acids is 2. The van der Waals surface area contributed by atoms with Crippen molar-refractivity contribution in [1.29, 1.82) is 0 Å². The molecular weight excluding hydrogens is 288 g/mol. The molecule has 1 saturated heterocycles. The lowest BCUT2D eigenvalue weighted by atomic mass is 10.0. The zero-order chi connectivity index (χ0) is 17.0. The molecule has 0 unspecified atom stereocenters. The van der Waals surface area contributed by atoms with Crippen LogP contribution >= 0.6 is 0 Å². The zero-order valence-corrected chi connectivity index (χ0v) is 14.6. The van der Waals surface area contributed by atoms with Gasteiger partial charge in [-0.2, -0.15) is 0 Å². The molecule has 0 bridgehead atoms. The van der Waals surface area contributed by atoms with Crippen molar-refractivity contribution >= 4 is 17.9 Å². The number of carbonyl (C=O) groups is 2. The lowest BCUT2D eigenvalue weighted by Crippen LogP contribution is -2.39. The number of hydrogen-bond acceptors (Lipinski definition) is 2. The summed E-state index contributed by atoms with van der Waals surface area (Å²) in [4.78, 5) is 27.6. The summed E-state index contributed by atoms with van der Waals surface area (Å²) in [5.74, 6) is -0.107. The summed E-state index contributed by atoms with van der Waals surface area (Å²) in [5, 5.41) is 0. The fraction of sp³-hybridized carbons (Fsp3) is 0.474. The van der Waals surface area contributed by atoms with Crippen molar-refractivity contribution in [1.82, 2.24) is 9.80 Å². The molecule has 2 amide bonds. The number of likely N-dealkylation sites (N-methyl/N-ethyl adjacent to an activating group) is 1. The van der Waals surface area contributed by atoms with Gasteiger partial charge in [0.05, 0.1) is 6.54 Å². The van der Waals surface area contributed by atoms with Crippen LogP contribution in [0, 0.1) is 20.8 Å². The van der Waals surface area contributed by atoms with Crippen LogP contribution in [0.3, 0.4) is 0 Å². The zero-order valence-electron chi connectivity index (χ0n) is 14.6. The minimum absolute atomic E-state index is 0.0362. The maximum Gasteiger partial charge on any atom is 0.246 e. The van der Waals surface area contributed by atoms with E-state index >= 15 is 0 Å². The first-order valence-corrected chi connectivity index (χ1v) is 8.17. The van der Waals surface area contributed by atoms with Gasteiger partial charge in [0.15, 0.2) is 0 Å². The smallest absolute Gasteiger partial charge is 0.246 e. The molecule has 0 N–H and O–H groups in total. The highest BCUT2D eigenvalue weighted by atomic mass is 16.2. The maximum absolute atomic E-state index is 12.2. The normalized spacial score (nSPS) is 14.5. The summed E-state index contributed by atoms with van der Waals surface area (Å²) in [6.07, 6.45) is 5.51. The average molecular weight is 314 g/mol. The summed E-state index contributed by atoms with van der Waals surface area (Å²) in [6.45, 7) is 7.97. The molecule has 0 aromatic heterocycles. The van der Waals surface area contributed by atoms with Gasteiger partial charge in [-0.15, -0.1) is 0 Å². The van der Waals surface area contributed by atoms with Gasteiger partial charge >= 0.3 is 0 Å². The van der Waals surface area contributed by atoms with Gasteiger partial charge in [0.1, 0.15) is 0 Å². The minimum Gasteiger partial charge on any atom is -0.341 e. The van der Waals surface area contributed by atoms with E-state index in [9.17, 15) is 9.59 Å². The Balaban J connectivity index is 1.97. The second-order valence-electron chi connectivity index (χ2n) is 6.41. The third kappa shape index (κ3) is 4.44. The van der Waals surface area contributed by atoms with Crippen molar-refractivity contribution in [3.05, 3.63) is 40.5 Å². The third-order valence-electron chi connectivity index (χ3n) is 4.50. The Hall–Kier alpha value is -2.10. The van der Waals surface area contributed by atoms with E-state index in [1.165, 1.54) is 16.0 Å². The van der Waals surface area contributed by atoms with E-state index in [0.717, 1.165) is 37.1 Å². The molecule has 4 heteroatoms. The van der Waals surface area contributed by atoms with Crippen LogP contribution in [-0.2, 0) is 9.59 Å². The van der Waals surface area contributed by atoms with Gasteiger partial charge in [-0.05, 0) is 61.9 Å². The number of nitrogens with zero attached hydrogens (tertiary/aromatic N) is 2. The van der Waals surface area contributed by atoms with E-state index < -0.39 is 0 Å². The van der Waals surface area contributed by atoms with E-state index in [-0.39, 0.29) is 18.4 Å². The van der Waals surface area contributed by atoms with Gasteiger partial charge < -0.3 is 9.80 Å². The van der Waals surface area contributed by atoms with E-state index in [4.69, 9.17) is 0 Å². The number of hydrogen-bond donors (Lipinski definition) is 0. The highest BCUT2D eigenvalue weighted by Crippen LogP contribution is 2.16. The van der Waals surface area contributed by atoms with Crippen molar-refractivity contribution in [3.63, 3.8) is 0 Å². The quantitative estimate of drug-likeness (QED) is 0.802. The van der Waals surface area contributed by atoms with Crippen LogP contribution in [0.15, 0.2) is 18.2 Å². The fourth-order valence-corrected chi connectivity index (χ4v) is 2.80. The maximum atomic E-state index is 12.2. The van der Waals surface area contributed by atoms with Crippen LogP contribution in [0.2, 0.25) is 0 Å². The molecule has 1 aliphatic heterocycles. The second-order valence-corrected chi connectivity index (χ2v) is 6.41. The number of rotatable bonds is 4. The van der Waals surface area contributed by atoms with Crippen LogP contribution in [-0.4, -0.2) is 48.3 Å². The largest absolute Gasteiger partial charge is 0.341 e. The summed E-state index contributed by atoms with van der Waals surface area (Å²) in [7, 11) is 1.67. The highest BCUT2D eigenvalue weighted by molar-refractivity contribution is 5.94. The topological polar surface area (TPSA) is 40.6 Å². The Morgan fingerprint density at radius 2 is 1.70 bits per heavy atom. The molecule has 0 saturated carbocycles. The molecule has 0 radical (unpaired) electrons. The molecule has 1 fully saturated rings. The average Bonchev–Trinajstić information content (AvgIpc) is 3.03. The predicted octanol–water partition coefficient (Wildman–Crippen LogP) is 2.71. The summed E-state index contributed by atoms with van der Waals surface area (Å²) >= 11 is 0. The predicted molar refractivity (Wildman–Crippen MR) is 93.1 cm³/mol. The van der Waals surface area contributed by atoms with Crippen LogP contribution in [0.1, 0.15) is 35.1 Å². The Kier molecular flexibility index (Phi) is 5.59. The third-order valence-corrected chi connectivity index (χ3v) is 4.50. The molecule has 0 aliphatic carbocycles. The van der Waals surface area contributed by atoms with Gasteiger partial charge in [0.25, 0.3) is 0 Å². The Morgan fingerprint density at radius 3 is 2.35 bits per heavy atom. The van der Waals surface area contributed by atoms with Crippen molar-refractivity contribution in [2.75, 3.05) is 26.7 Å². The number of likely N-dealkylation sites (tertiary alicyclic amines) is 1. The van der Waals surface area contributed by atoms with Crippen LogP contribution in [0.5, 0.6) is 0 Å². The second kappa shape index (κ2) is 7.44. The summed E-state index contributed by atoms with van der Waals surface area (Å²) in [6, 6.07) is 4.21. The molecule has 0 spiro atoms. The number of amides is 2. The first-order valence-electron chi connectivity index (χ1n) is 8.17. The van der Waals surface area contributed by atoms with Crippen molar-refractivity contribution in [3.8, 4) is 0 Å². The van der Waals surface area contributed by atoms with E-state index in [0.29, 0.717) is 0 Å². The molecule has 4 nitrogen and oxygen atoms in total. The van der Waals surface area contributed by atoms with E-state index in [1.807, 2.05) is 17.9 Å². The number of benzene rings is 1. The van der Waals surface area contributed by atoms with Crippen molar-refractivity contribution in [2.45, 2.75) is 33.6 Å². The molecule has 1 aromatic carbocycles. The van der Waals surface area contributed by atoms with Crippen LogP contribution in [0.4, 0.5) is 0 Å². The molecule has 0 atom stereocenters. The first-order chi connectivity index (χ1) is 10.9. The van der Waals surface area contributed by atoms with Gasteiger partial charge in [-0.3, -0.25) is 9.59 Å². The monoisotopic (exact) mass is 314 g/mol. The van der Waals surface area contributed by atoms with Crippen LogP contribution in [0.25, 0.3) is 6.08 Å². The fourth-order valence-electron chi connectivity index (χ4n) is 2.80. The highest BCUT2D eigenvalue weighted by Gasteiger charge is 2.20. The van der Waals surface area contributed by atoms with Gasteiger partial charge in [-0.1, -0.05) is 12.1 Å². The molecular formula is C19H26N2O2. The Morgan fingerprint density at radius 1 is 1.09 bits per heavy atom. The Bertz CT molecular complexity index is 629. The molecule has 124 valence electrons. The molecule has 23 heavy (non-hydrogen) atoms. The van der Waals surface area contributed by atoms with Gasteiger partial charge in [0, 0.05) is 26.2 Å². The van der Waals surface area contributed by atoms with Crippen molar-refractivity contribution < 1.29 is 9.59 Å². The summed E-state index contributed by atoms with van der Waals surface area (Å²) < 4.78 is 0.